The second-order valence-corrected chi connectivity index (χ2v) is 2.32. The van der Waals surface area contributed by atoms with Crippen LogP contribution in [0.5, 0.6) is 0 Å². The molecular formula is C7H8N3NdOP. The van der Waals surface area contributed by atoms with Crippen LogP contribution in [-0.2, 0) is 4.52 Å². The quantitative estimate of drug-likeness (QED) is 0.363. The summed E-state index contributed by atoms with van der Waals surface area (Å²) >= 11 is 0. The van der Waals surface area contributed by atoms with Gasteiger partial charge in [-0.3, -0.25) is 0 Å². The van der Waals surface area contributed by atoms with Crippen LogP contribution in [0.4, 0.5) is 0 Å². The summed E-state index contributed by atoms with van der Waals surface area (Å²) in [5, 5.41) is 3.43. The van der Waals surface area contributed by atoms with E-state index in [1.165, 1.54) is 0 Å². The topological polar surface area (TPSA) is 58.0 Å². The summed E-state index contributed by atoms with van der Waals surface area (Å²) in [4.78, 5) is 2.65. The van der Waals surface area contributed by atoms with Gasteiger partial charge in [-0.2, -0.15) is 0 Å². The van der Waals surface area contributed by atoms with Crippen molar-refractivity contribution >= 4 is 9.41 Å². The maximum atomic E-state index is 8.24. The minimum atomic E-state index is -0.679. The first kappa shape index (κ1) is 11.3. The molecule has 0 saturated heterocycles. The zero-order chi connectivity index (χ0) is 9.52. The van der Waals surface area contributed by atoms with E-state index in [0.717, 1.165) is 5.56 Å². The van der Waals surface area contributed by atoms with Crippen LogP contribution in [0.3, 0.4) is 0 Å². The Labute approximate surface area is 113 Å². The van der Waals surface area contributed by atoms with Crippen LogP contribution in [0.25, 0.3) is 10.4 Å². The Hall–Kier alpha value is 0.271. The zero-order valence-electron chi connectivity index (χ0n) is 7.71. The molecule has 0 aliphatic carbocycles. The van der Waals surface area contributed by atoms with E-state index in [-0.39, 0.29) is 40.8 Å². The fourth-order valence-electron chi connectivity index (χ4n) is 0.823. The smallest absolute Gasteiger partial charge is 0.165 e. The molecule has 6 heteroatoms. The largest absolute Gasteiger partial charge is 0.352 e. The molecule has 0 radical (unpaired) electrons. The van der Waals surface area contributed by atoms with Gasteiger partial charge >= 0.3 is 0 Å². The van der Waals surface area contributed by atoms with Crippen molar-refractivity contribution in [2.75, 3.05) is 0 Å². The summed E-state index contributed by atoms with van der Waals surface area (Å²) < 4.78 is 11.8. The van der Waals surface area contributed by atoms with E-state index < -0.39 is 15.6 Å². The van der Waals surface area contributed by atoms with Crippen molar-refractivity contribution < 1.29 is 45.4 Å². The predicted molar refractivity (Wildman–Crippen MR) is 49.1 cm³/mol. The number of azide groups is 1. The average molecular weight is 327 g/mol. The van der Waals surface area contributed by atoms with Crippen molar-refractivity contribution in [3.8, 4) is 0 Å². The molecule has 2 atom stereocenters. The van der Waals surface area contributed by atoms with Gasteiger partial charge in [0.1, 0.15) is 0 Å². The third-order valence-electron chi connectivity index (χ3n) is 1.35. The number of hydrogen-bond donors (Lipinski definition) is 0. The standard InChI is InChI=1S/C7H8N3OP.Nd/c8-10-9-7(11-12)6-4-2-1-3-5-6;/h1-5,7H,12H2;/i12T;. The van der Waals surface area contributed by atoms with Crippen molar-refractivity contribution in [1.29, 1.82) is 1.28 Å². The van der Waals surface area contributed by atoms with Crippen LogP contribution in [0.1, 0.15) is 11.8 Å². The Morgan fingerprint density at radius 3 is 2.77 bits per heavy atom. The third-order valence-corrected chi connectivity index (χ3v) is 1.58. The summed E-state index contributed by atoms with van der Waals surface area (Å²) in [6.45, 7) is 0. The van der Waals surface area contributed by atoms with Gasteiger partial charge in [0, 0.05) is 55.2 Å². The molecule has 1 rings (SSSR count). The van der Waals surface area contributed by atoms with Gasteiger partial charge in [0.15, 0.2) is 6.23 Å². The van der Waals surface area contributed by atoms with Gasteiger partial charge in [0.2, 0.25) is 0 Å². The van der Waals surface area contributed by atoms with Gasteiger partial charge in [-0.15, -0.1) is 0 Å². The number of benzene rings is 1. The van der Waals surface area contributed by atoms with Crippen LogP contribution in [0.15, 0.2) is 35.4 Å². The molecule has 0 spiro atoms. The summed E-state index contributed by atoms with van der Waals surface area (Å²) in [6.07, 6.45) is -0.679. The van der Waals surface area contributed by atoms with Gasteiger partial charge in [0.05, 0.1) is 1.28 Å². The summed E-state index contributed by atoms with van der Waals surface area (Å²) in [7, 11) is -0.441. The van der Waals surface area contributed by atoms with Crippen molar-refractivity contribution in [2.24, 2.45) is 5.11 Å². The summed E-state index contributed by atoms with van der Waals surface area (Å²) in [6, 6.07) is 9.09. The van der Waals surface area contributed by atoms with Crippen LogP contribution in [0, 0.1) is 40.8 Å². The van der Waals surface area contributed by atoms with Crippen LogP contribution < -0.4 is 0 Å². The number of hydrogen-bond acceptors (Lipinski definition) is 2. The van der Waals surface area contributed by atoms with E-state index in [0.29, 0.717) is 0 Å². The van der Waals surface area contributed by atoms with Gasteiger partial charge in [-0.05, 0) is 11.1 Å². The van der Waals surface area contributed by atoms with Crippen LogP contribution >= 0.6 is 9.41 Å². The molecule has 0 aliphatic heterocycles. The van der Waals surface area contributed by atoms with Crippen molar-refractivity contribution in [3.63, 3.8) is 0 Å². The van der Waals surface area contributed by atoms with E-state index in [1.807, 2.05) is 18.2 Å². The molecule has 0 saturated carbocycles. The molecule has 0 heterocycles. The normalized spacial score (nSPS) is 12.8. The van der Waals surface area contributed by atoms with Crippen molar-refractivity contribution in [2.45, 2.75) is 6.23 Å². The van der Waals surface area contributed by atoms with Gasteiger partial charge in [-0.25, -0.2) is 0 Å². The van der Waals surface area contributed by atoms with E-state index in [2.05, 4.69) is 10.0 Å². The molecule has 1 aromatic rings. The molecule has 0 bridgehead atoms. The fraction of sp³-hybridized carbons (Fsp3) is 0.143. The minimum absolute atomic E-state index is 0. The Bertz CT molecular complexity index is 307. The molecule has 4 nitrogen and oxygen atoms in total. The number of rotatable bonds is 4. The van der Waals surface area contributed by atoms with E-state index >= 15 is 0 Å². The third kappa shape index (κ3) is 4.34. The second-order valence-electron chi connectivity index (χ2n) is 2.09. The molecule has 0 amide bonds. The van der Waals surface area contributed by atoms with Crippen LogP contribution in [-0.4, -0.2) is 1.28 Å². The molecule has 0 fully saturated rings. The van der Waals surface area contributed by atoms with E-state index in [1.54, 1.807) is 12.1 Å². The monoisotopic (exact) mass is 325 g/mol. The van der Waals surface area contributed by atoms with Crippen molar-refractivity contribution in [3.05, 3.63) is 46.3 Å². The van der Waals surface area contributed by atoms with E-state index in [4.69, 9.17) is 11.3 Å². The SMILES string of the molecule is [3H]POC(N=[N+]=[N-])c1ccccc1.[Nd]. The fourth-order valence-corrected chi connectivity index (χ4v) is 1.01. The molecule has 1 aromatic carbocycles. The summed E-state index contributed by atoms with van der Waals surface area (Å²) in [5.41, 5.74) is 9.01. The maximum absolute atomic E-state index is 8.24. The first-order chi connectivity index (χ1) is 6.38. The number of nitrogens with zero attached hydrogens (tertiary/aromatic N) is 3. The van der Waals surface area contributed by atoms with Gasteiger partial charge in [-0.1, -0.05) is 35.4 Å². The first-order valence-corrected chi connectivity index (χ1v) is 3.71. The van der Waals surface area contributed by atoms with E-state index in [9.17, 15) is 0 Å². The Morgan fingerprint density at radius 1 is 1.54 bits per heavy atom. The Morgan fingerprint density at radius 2 is 2.23 bits per heavy atom. The molecule has 2 unspecified atom stereocenters. The Balaban J connectivity index is 0.00000169. The molecule has 0 aromatic heterocycles. The Kier molecular flexibility index (Phi) is 6.68. The van der Waals surface area contributed by atoms with Gasteiger partial charge < -0.3 is 4.52 Å². The second kappa shape index (κ2) is 7.65. The average Bonchev–Trinajstić information content (AvgIpc) is 2.19. The minimum Gasteiger partial charge on any atom is -0.352 e. The zero-order valence-corrected chi connectivity index (χ0v) is 10.9. The molecule has 66 valence electrons. The molecular weight excluding hydrogens is 317 g/mol. The maximum Gasteiger partial charge on any atom is 0.165 e. The first-order valence-electron chi connectivity index (χ1n) is 3.80. The predicted octanol–water partition coefficient (Wildman–Crippen LogP) is 2.80. The molecule has 13 heavy (non-hydrogen) atoms. The summed E-state index contributed by atoms with van der Waals surface area (Å²) in [5.74, 6) is 0. The van der Waals surface area contributed by atoms with Gasteiger partial charge in [0.25, 0.3) is 0 Å². The molecule has 0 aliphatic rings. The van der Waals surface area contributed by atoms with Crippen LogP contribution in [0.2, 0.25) is 0 Å². The van der Waals surface area contributed by atoms with Crippen molar-refractivity contribution in [1.82, 2.24) is 0 Å². The molecule has 0 N–H and O–H groups in total.